The number of nitrogens with two attached hydrogens (primary N) is 1. The molecule has 1 aromatic carbocycles. The molecule has 7 nitrogen and oxygen atoms in total. The van der Waals surface area contributed by atoms with Crippen molar-refractivity contribution in [3.05, 3.63) is 35.4 Å². The second kappa shape index (κ2) is 5.38. The topological polar surface area (TPSA) is 117 Å². The van der Waals surface area contributed by atoms with E-state index in [0.29, 0.717) is 24.1 Å². The number of amides is 2. The Kier molecular flexibility index (Phi) is 3.65. The fourth-order valence-electron chi connectivity index (χ4n) is 1.83. The lowest BCUT2D eigenvalue weighted by atomic mass is 10.1. The SMILES string of the molecule is N/C(=N/O)c1ccc(C(=O)NC2CNC(=O)C2)cc1. The van der Waals surface area contributed by atoms with E-state index >= 15 is 0 Å². The minimum atomic E-state index is -0.257. The van der Waals surface area contributed by atoms with Crippen molar-refractivity contribution in [2.45, 2.75) is 12.5 Å². The molecule has 1 fully saturated rings. The van der Waals surface area contributed by atoms with Crippen LogP contribution in [-0.2, 0) is 4.79 Å². The lowest BCUT2D eigenvalue weighted by Gasteiger charge is -2.10. The van der Waals surface area contributed by atoms with E-state index in [0.717, 1.165) is 0 Å². The van der Waals surface area contributed by atoms with Gasteiger partial charge in [-0.05, 0) is 12.1 Å². The van der Waals surface area contributed by atoms with E-state index in [1.807, 2.05) is 0 Å². The molecule has 2 rings (SSSR count). The van der Waals surface area contributed by atoms with Crippen molar-refractivity contribution in [3.8, 4) is 0 Å². The highest BCUT2D eigenvalue weighted by molar-refractivity contribution is 5.99. The lowest BCUT2D eigenvalue weighted by molar-refractivity contribution is -0.119. The third-order valence-corrected chi connectivity index (χ3v) is 2.86. The fraction of sp³-hybridized carbons (Fsp3) is 0.250. The van der Waals surface area contributed by atoms with E-state index in [2.05, 4.69) is 15.8 Å². The summed E-state index contributed by atoms with van der Waals surface area (Å²) in [6.07, 6.45) is 0.300. The molecule has 7 heteroatoms. The van der Waals surface area contributed by atoms with Gasteiger partial charge in [-0.3, -0.25) is 9.59 Å². The molecule has 1 aliphatic rings. The second-order valence-corrected chi connectivity index (χ2v) is 4.24. The Labute approximate surface area is 109 Å². The van der Waals surface area contributed by atoms with Crippen LogP contribution in [0.5, 0.6) is 0 Å². The third kappa shape index (κ3) is 3.01. The molecule has 1 heterocycles. The molecule has 0 radical (unpaired) electrons. The molecule has 19 heavy (non-hydrogen) atoms. The van der Waals surface area contributed by atoms with Gasteiger partial charge in [-0.15, -0.1) is 0 Å². The number of rotatable bonds is 3. The summed E-state index contributed by atoms with van der Waals surface area (Å²) in [5, 5.41) is 16.8. The quantitative estimate of drug-likeness (QED) is 0.252. The van der Waals surface area contributed by atoms with Crippen LogP contribution in [0.25, 0.3) is 0 Å². The van der Waals surface area contributed by atoms with Gasteiger partial charge in [0.25, 0.3) is 5.91 Å². The zero-order valence-electron chi connectivity index (χ0n) is 10.1. The van der Waals surface area contributed by atoms with Crippen LogP contribution in [0.4, 0.5) is 0 Å². The van der Waals surface area contributed by atoms with Gasteiger partial charge in [0.05, 0.1) is 6.04 Å². The molecular formula is C12H14N4O3. The zero-order chi connectivity index (χ0) is 13.8. The Hall–Kier alpha value is -2.57. The van der Waals surface area contributed by atoms with Crippen LogP contribution < -0.4 is 16.4 Å². The van der Waals surface area contributed by atoms with Crippen molar-refractivity contribution < 1.29 is 14.8 Å². The first kappa shape index (κ1) is 12.9. The second-order valence-electron chi connectivity index (χ2n) is 4.24. The average molecular weight is 262 g/mol. The minimum absolute atomic E-state index is 0.0162. The number of nitrogens with zero attached hydrogens (tertiary/aromatic N) is 1. The smallest absolute Gasteiger partial charge is 0.251 e. The van der Waals surface area contributed by atoms with Gasteiger partial charge in [-0.2, -0.15) is 0 Å². The van der Waals surface area contributed by atoms with E-state index in [9.17, 15) is 9.59 Å². The first-order chi connectivity index (χ1) is 9.10. The van der Waals surface area contributed by atoms with Crippen molar-refractivity contribution >= 4 is 17.6 Å². The lowest BCUT2D eigenvalue weighted by Crippen LogP contribution is -2.36. The van der Waals surface area contributed by atoms with Crippen LogP contribution in [-0.4, -0.2) is 35.4 Å². The number of hydrogen-bond acceptors (Lipinski definition) is 4. The summed E-state index contributed by atoms with van der Waals surface area (Å²) in [5.74, 6) is -0.335. The summed E-state index contributed by atoms with van der Waals surface area (Å²) in [4.78, 5) is 22.9. The predicted octanol–water partition coefficient (Wildman–Crippen LogP) is -0.601. The number of nitrogens with one attached hydrogen (secondary N) is 2. The largest absolute Gasteiger partial charge is 0.409 e. The highest BCUT2D eigenvalue weighted by Crippen LogP contribution is 2.06. The Morgan fingerprint density at radius 1 is 1.37 bits per heavy atom. The highest BCUT2D eigenvalue weighted by Gasteiger charge is 2.23. The highest BCUT2D eigenvalue weighted by atomic mass is 16.4. The maximum Gasteiger partial charge on any atom is 0.251 e. The van der Waals surface area contributed by atoms with E-state index in [1.165, 1.54) is 0 Å². The van der Waals surface area contributed by atoms with Crippen LogP contribution >= 0.6 is 0 Å². The zero-order valence-corrected chi connectivity index (χ0v) is 10.1. The van der Waals surface area contributed by atoms with E-state index in [-0.39, 0.29) is 23.7 Å². The Morgan fingerprint density at radius 2 is 2.00 bits per heavy atom. The average Bonchev–Trinajstić information content (AvgIpc) is 2.83. The molecule has 1 aromatic rings. The maximum atomic E-state index is 11.9. The number of amidine groups is 1. The van der Waals surface area contributed by atoms with Gasteiger partial charge in [0.2, 0.25) is 5.91 Å². The fourth-order valence-corrected chi connectivity index (χ4v) is 1.83. The maximum absolute atomic E-state index is 11.9. The van der Waals surface area contributed by atoms with Crippen LogP contribution in [0.2, 0.25) is 0 Å². The number of carbonyl (C=O) groups excluding carboxylic acids is 2. The molecule has 5 N–H and O–H groups in total. The number of benzene rings is 1. The molecule has 1 saturated heterocycles. The van der Waals surface area contributed by atoms with Crippen LogP contribution in [0.1, 0.15) is 22.3 Å². The molecule has 2 amide bonds. The molecule has 0 aliphatic carbocycles. The van der Waals surface area contributed by atoms with Crippen molar-refractivity contribution in [1.29, 1.82) is 0 Å². The Morgan fingerprint density at radius 3 is 2.53 bits per heavy atom. The number of hydrogen-bond donors (Lipinski definition) is 4. The first-order valence-corrected chi connectivity index (χ1v) is 5.75. The number of oxime groups is 1. The molecule has 1 atom stereocenters. The summed E-state index contributed by atoms with van der Waals surface area (Å²) in [6.45, 7) is 0.451. The van der Waals surface area contributed by atoms with Gasteiger partial charge < -0.3 is 21.6 Å². The van der Waals surface area contributed by atoms with Crippen LogP contribution in [0.15, 0.2) is 29.4 Å². The summed E-state index contributed by atoms with van der Waals surface area (Å²) in [5.41, 5.74) is 6.40. The Bertz CT molecular complexity index is 524. The third-order valence-electron chi connectivity index (χ3n) is 2.86. The first-order valence-electron chi connectivity index (χ1n) is 5.75. The standard InChI is InChI=1S/C12H14N4O3/c13-11(16-19)7-1-3-8(4-2-7)12(18)15-9-5-10(17)14-6-9/h1-4,9,19H,5-6H2,(H2,13,16)(H,14,17)(H,15,18). The van der Waals surface area contributed by atoms with Crippen molar-refractivity contribution in [1.82, 2.24) is 10.6 Å². The van der Waals surface area contributed by atoms with Crippen molar-refractivity contribution in [2.75, 3.05) is 6.54 Å². The predicted molar refractivity (Wildman–Crippen MR) is 67.8 cm³/mol. The minimum Gasteiger partial charge on any atom is -0.409 e. The van der Waals surface area contributed by atoms with E-state index in [1.54, 1.807) is 24.3 Å². The molecule has 1 aliphatic heterocycles. The summed E-state index contributed by atoms with van der Waals surface area (Å²) >= 11 is 0. The van der Waals surface area contributed by atoms with Crippen LogP contribution in [0, 0.1) is 0 Å². The van der Waals surface area contributed by atoms with Gasteiger partial charge >= 0.3 is 0 Å². The van der Waals surface area contributed by atoms with E-state index < -0.39 is 0 Å². The molecule has 100 valence electrons. The van der Waals surface area contributed by atoms with E-state index in [4.69, 9.17) is 10.9 Å². The molecule has 0 bridgehead atoms. The molecule has 0 saturated carbocycles. The van der Waals surface area contributed by atoms with Gasteiger partial charge in [0, 0.05) is 24.1 Å². The van der Waals surface area contributed by atoms with Crippen LogP contribution in [0.3, 0.4) is 0 Å². The normalized spacial score (nSPS) is 19.1. The molecule has 0 spiro atoms. The number of carbonyl (C=O) groups is 2. The van der Waals surface area contributed by atoms with Gasteiger partial charge in [0.15, 0.2) is 5.84 Å². The molecule has 1 unspecified atom stereocenters. The summed E-state index contributed by atoms with van der Waals surface area (Å²) < 4.78 is 0. The van der Waals surface area contributed by atoms with Crippen molar-refractivity contribution in [2.24, 2.45) is 10.9 Å². The Balaban J connectivity index is 2.01. The van der Waals surface area contributed by atoms with Gasteiger partial charge in [0.1, 0.15) is 0 Å². The van der Waals surface area contributed by atoms with Gasteiger partial charge in [-0.1, -0.05) is 17.3 Å². The monoisotopic (exact) mass is 262 g/mol. The summed E-state index contributed by atoms with van der Waals surface area (Å²) in [6, 6.07) is 6.15. The molecular weight excluding hydrogens is 248 g/mol. The van der Waals surface area contributed by atoms with Gasteiger partial charge in [-0.25, -0.2) is 0 Å². The van der Waals surface area contributed by atoms with Crippen molar-refractivity contribution in [3.63, 3.8) is 0 Å². The summed E-state index contributed by atoms with van der Waals surface area (Å²) in [7, 11) is 0. The molecule has 0 aromatic heterocycles.